The van der Waals surface area contributed by atoms with Gasteiger partial charge in [-0.3, -0.25) is 0 Å². The van der Waals surface area contributed by atoms with Crippen molar-refractivity contribution < 1.29 is 17.9 Å². The second-order valence-corrected chi connectivity index (χ2v) is 5.78. The van der Waals surface area contributed by atoms with Crippen LogP contribution in [0.2, 0.25) is 0 Å². The van der Waals surface area contributed by atoms with Gasteiger partial charge in [0.2, 0.25) is 10.0 Å². The van der Waals surface area contributed by atoms with Crippen LogP contribution < -0.4 is 9.46 Å². The van der Waals surface area contributed by atoms with Crippen molar-refractivity contribution >= 4 is 10.0 Å². The second kappa shape index (κ2) is 3.19. The minimum absolute atomic E-state index is 0.193. The van der Waals surface area contributed by atoms with E-state index >= 15 is 0 Å². The molecule has 0 aromatic heterocycles. The Bertz CT molecular complexity index is 521. The highest BCUT2D eigenvalue weighted by Crippen LogP contribution is 2.33. The predicted octanol–water partition coefficient (Wildman–Crippen LogP) is 0.126. The van der Waals surface area contributed by atoms with Crippen LogP contribution in [0.5, 0.6) is 5.75 Å². The summed E-state index contributed by atoms with van der Waals surface area (Å²) in [7, 11) is -3.46. The predicted molar refractivity (Wildman–Crippen MR) is 55.8 cm³/mol. The van der Waals surface area contributed by atoms with Gasteiger partial charge in [-0.15, -0.1) is 0 Å². The summed E-state index contributed by atoms with van der Waals surface area (Å²) in [6.45, 7) is 1.09. The lowest BCUT2D eigenvalue weighted by atomic mass is 10.0. The van der Waals surface area contributed by atoms with Gasteiger partial charge in [0.1, 0.15) is 10.6 Å². The van der Waals surface area contributed by atoms with Crippen LogP contribution in [0.3, 0.4) is 0 Å². The van der Waals surface area contributed by atoms with Crippen LogP contribution >= 0.6 is 0 Å². The Morgan fingerprint density at radius 2 is 2.00 bits per heavy atom. The molecule has 16 heavy (non-hydrogen) atoms. The highest BCUT2D eigenvalue weighted by Gasteiger charge is 2.45. The molecule has 2 aliphatic heterocycles. The molecule has 5 nitrogen and oxygen atoms in total. The van der Waals surface area contributed by atoms with Crippen LogP contribution in [0.25, 0.3) is 0 Å². The second-order valence-electron chi connectivity index (χ2n) is 4.05. The van der Waals surface area contributed by atoms with E-state index in [4.69, 9.17) is 9.47 Å². The monoisotopic (exact) mass is 241 g/mol. The van der Waals surface area contributed by atoms with E-state index in [1.165, 1.54) is 6.07 Å². The van der Waals surface area contributed by atoms with Crippen molar-refractivity contribution in [2.45, 2.75) is 10.5 Å². The average molecular weight is 241 g/mol. The molecule has 3 rings (SSSR count). The summed E-state index contributed by atoms with van der Waals surface area (Å²) >= 11 is 0. The normalized spacial score (nSPS) is 25.0. The summed E-state index contributed by atoms with van der Waals surface area (Å²) in [6.07, 6.45) is 0. The standard InChI is InChI=1S/C10H11NO4S/c12-16(13)9-4-2-1-3-8(9)15-10(5-11-16)6-14-7-10/h1-4,11H,5-7H2. The first kappa shape index (κ1) is 10.1. The van der Waals surface area contributed by atoms with Gasteiger partial charge < -0.3 is 9.47 Å². The average Bonchev–Trinajstić information content (AvgIpc) is 2.33. The van der Waals surface area contributed by atoms with Gasteiger partial charge in [-0.05, 0) is 12.1 Å². The molecule has 0 atom stereocenters. The number of benzene rings is 1. The van der Waals surface area contributed by atoms with Crippen LogP contribution in [0, 0.1) is 0 Å². The molecule has 2 heterocycles. The molecule has 1 aromatic carbocycles. The van der Waals surface area contributed by atoms with E-state index in [9.17, 15) is 8.42 Å². The highest BCUT2D eigenvalue weighted by molar-refractivity contribution is 7.89. The van der Waals surface area contributed by atoms with Gasteiger partial charge in [0.25, 0.3) is 0 Å². The number of hydrogen-bond donors (Lipinski definition) is 1. The third kappa shape index (κ3) is 1.41. The van der Waals surface area contributed by atoms with E-state index < -0.39 is 15.6 Å². The summed E-state index contributed by atoms with van der Waals surface area (Å²) in [5.74, 6) is 0.399. The number of rotatable bonds is 0. The van der Waals surface area contributed by atoms with Crippen LogP contribution in [-0.4, -0.2) is 33.8 Å². The van der Waals surface area contributed by atoms with Gasteiger partial charge >= 0.3 is 0 Å². The van der Waals surface area contributed by atoms with Crippen LogP contribution in [0.4, 0.5) is 0 Å². The quantitative estimate of drug-likeness (QED) is 0.701. The first-order chi connectivity index (χ1) is 7.61. The van der Waals surface area contributed by atoms with Crippen molar-refractivity contribution in [1.82, 2.24) is 4.72 Å². The number of para-hydroxylation sites is 1. The Balaban J connectivity index is 2.11. The zero-order valence-electron chi connectivity index (χ0n) is 8.47. The van der Waals surface area contributed by atoms with Crippen LogP contribution in [0.1, 0.15) is 0 Å². The SMILES string of the molecule is O=S1(=O)NCC2(COC2)Oc2ccccc21. The van der Waals surface area contributed by atoms with E-state index in [0.29, 0.717) is 19.0 Å². The maximum atomic E-state index is 11.9. The Morgan fingerprint density at radius 3 is 2.69 bits per heavy atom. The molecule has 0 radical (unpaired) electrons. The molecular formula is C10H11NO4S. The molecule has 2 aliphatic rings. The van der Waals surface area contributed by atoms with Crippen molar-refractivity contribution in [3.8, 4) is 5.75 Å². The Kier molecular flexibility index (Phi) is 2.01. The van der Waals surface area contributed by atoms with Crippen molar-refractivity contribution in [2.75, 3.05) is 19.8 Å². The van der Waals surface area contributed by atoms with E-state index in [1.54, 1.807) is 18.2 Å². The van der Waals surface area contributed by atoms with Gasteiger partial charge in [-0.2, -0.15) is 0 Å². The molecule has 0 bridgehead atoms. The third-order valence-electron chi connectivity index (χ3n) is 2.78. The molecule has 0 unspecified atom stereocenters. The van der Waals surface area contributed by atoms with Crippen molar-refractivity contribution in [2.24, 2.45) is 0 Å². The maximum Gasteiger partial charge on any atom is 0.244 e. The third-order valence-corrected chi connectivity index (χ3v) is 4.22. The van der Waals surface area contributed by atoms with Crippen LogP contribution in [0.15, 0.2) is 29.2 Å². The zero-order valence-corrected chi connectivity index (χ0v) is 9.29. The van der Waals surface area contributed by atoms with Crippen molar-refractivity contribution in [1.29, 1.82) is 0 Å². The van der Waals surface area contributed by atoms with E-state index in [0.717, 1.165) is 0 Å². The van der Waals surface area contributed by atoms with Gasteiger partial charge in [-0.25, -0.2) is 13.1 Å². The number of hydrogen-bond acceptors (Lipinski definition) is 4. The minimum Gasteiger partial charge on any atom is -0.480 e. The number of fused-ring (bicyclic) bond motifs is 1. The molecule has 0 aliphatic carbocycles. The van der Waals surface area contributed by atoms with Gasteiger partial charge in [-0.1, -0.05) is 12.1 Å². The summed E-state index contributed by atoms with van der Waals surface area (Å²) in [6, 6.07) is 6.64. The number of ether oxygens (including phenoxy) is 2. The Labute approximate surface area is 93.4 Å². The molecule has 1 saturated heterocycles. The summed E-state index contributed by atoms with van der Waals surface area (Å²) in [4.78, 5) is 0.193. The molecule has 6 heteroatoms. The fraction of sp³-hybridized carbons (Fsp3) is 0.400. The molecule has 1 spiro atoms. The topological polar surface area (TPSA) is 64.6 Å². The van der Waals surface area contributed by atoms with Gasteiger partial charge in [0.15, 0.2) is 5.60 Å². The van der Waals surface area contributed by atoms with Gasteiger partial charge in [0.05, 0.1) is 19.8 Å². The fourth-order valence-electron chi connectivity index (χ4n) is 1.82. The summed E-state index contributed by atoms with van der Waals surface area (Å²) in [5, 5.41) is 0. The van der Waals surface area contributed by atoms with Crippen LogP contribution in [-0.2, 0) is 14.8 Å². The Morgan fingerprint density at radius 1 is 1.25 bits per heavy atom. The lowest BCUT2D eigenvalue weighted by molar-refractivity contribution is -0.156. The fourth-order valence-corrected chi connectivity index (χ4v) is 3.06. The summed E-state index contributed by atoms with van der Waals surface area (Å²) < 4.78 is 37.2. The van der Waals surface area contributed by atoms with Crippen molar-refractivity contribution in [3.05, 3.63) is 24.3 Å². The lowest BCUT2D eigenvalue weighted by Gasteiger charge is -2.39. The first-order valence-electron chi connectivity index (χ1n) is 4.97. The maximum absolute atomic E-state index is 11.9. The molecule has 86 valence electrons. The van der Waals surface area contributed by atoms with E-state index in [1.807, 2.05) is 0 Å². The molecule has 1 aromatic rings. The minimum atomic E-state index is -3.46. The molecule has 0 amide bonds. The van der Waals surface area contributed by atoms with Crippen molar-refractivity contribution in [3.63, 3.8) is 0 Å². The highest BCUT2D eigenvalue weighted by atomic mass is 32.2. The molecule has 1 fully saturated rings. The van der Waals surface area contributed by atoms with E-state index in [2.05, 4.69) is 4.72 Å². The smallest absolute Gasteiger partial charge is 0.244 e. The molecule has 0 saturated carbocycles. The number of nitrogens with one attached hydrogen (secondary N) is 1. The van der Waals surface area contributed by atoms with E-state index in [-0.39, 0.29) is 11.4 Å². The lowest BCUT2D eigenvalue weighted by Crippen LogP contribution is -2.59. The van der Waals surface area contributed by atoms with Gasteiger partial charge in [0, 0.05) is 0 Å². The first-order valence-corrected chi connectivity index (χ1v) is 6.45. The summed E-state index contributed by atoms with van der Waals surface area (Å²) in [5.41, 5.74) is -0.528. The molecular weight excluding hydrogens is 230 g/mol. The largest absolute Gasteiger partial charge is 0.480 e. The Hall–Kier alpha value is -1.11. The molecule has 1 N–H and O–H groups in total. The number of sulfonamides is 1. The zero-order chi connectivity index (χ0) is 11.2.